The molecule has 1 aliphatic rings. The van der Waals surface area contributed by atoms with Crippen LogP contribution in [0.25, 0.3) is 11.1 Å². The van der Waals surface area contributed by atoms with Crippen molar-refractivity contribution in [1.29, 1.82) is 0 Å². The number of rotatable bonds is 5. The zero-order chi connectivity index (χ0) is 16.8. The van der Waals surface area contributed by atoms with E-state index in [9.17, 15) is 9.18 Å². The van der Waals surface area contributed by atoms with Gasteiger partial charge in [-0.1, -0.05) is 67.6 Å². The summed E-state index contributed by atoms with van der Waals surface area (Å²) in [6.45, 7) is 0. The molecule has 1 saturated carbocycles. The highest BCUT2D eigenvalue weighted by Crippen LogP contribution is 2.26. The fourth-order valence-corrected chi connectivity index (χ4v) is 3.81. The van der Waals surface area contributed by atoms with Crippen LogP contribution in [-0.2, 0) is 0 Å². The quantitative estimate of drug-likeness (QED) is 0.610. The summed E-state index contributed by atoms with van der Waals surface area (Å²) in [6, 6.07) is 14.2. The topological polar surface area (TPSA) is 41.1 Å². The van der Waals surface area contributed by atoms with E-state index in [2.05, 4.69) is 10.3 Å². The van der Waals surface area contributed by atoms with Gasteiger partial charge in [0.05, 0.1) is 5.56 Å². The van der Waals surface area contributed by atoms with E-state index < -0.39 is 11.7 Å². The first-order valence-electron chi connectivity index (χ1n) is 8.30. The molecule has 0 spiro atoms. The molecule has 1 aliphatic carbocycles. The van der Waals surface area contributed by atoms with Gasteiger partial charge >= 0.3 is 0 Å². The predicted octanol–water partition coefficient (Wildman–Crippen LogP) is 4.71. The van der Waals surface area contributed by atoms with E-state index in [0.29, 0.717) is 5.25 Å². The number of hydrogen-bond donors (Lipinski definition) is 2. The van der Waals surface area contributed by atoms with Gasteiger partial charge in [0.25, 0.3) is 5.91 Å². The molecule has 3 nitrogen and oxygen atoms in total. The van der Waals surface area contributed by atoms with Crippen LogP contribution in [0.4, 0.5) is 4.39 Å². The standard InChI is InChI=1S/C19H21FN2OS/c20-18-12-11-15(14-7-3-1-4-8-14)13-17(18)19(23)21-22-24-16-9-5-2-6-10-16/h1,3-4,7-8,11-13,16,22H,2,5-6,9-10H2,(H,21,23). The van der Waals surface area contributed by atoms with E-state index in [0.717, 1.165) is 24.0 Å². The second kappa shape index (κ2) is 8.31. The van der Waals surface area contributed by atoms with Crippen LogP contribution in [0.2, 0.25) is 0 Å². The van der Waals surface area contributed by atoms with E-state index in [4.69, 9.17) is 0 Å². The maximum Gasteiger partial charge on any atom is 0.269 e. The summed E-state index contributed by atoms with van der Waals surface area (Å²) in [5, 5.41) is 0.513. The zero-order valence-electron chi connectivity index (χ0n) is 13.4. The largest absolute Gasteiger partial charge is 0.277 e. The van der Waals surface area contributed by atoms with Gasteiger partial charge in [-0.2, -0.15) is 4.83 Å². The van der Waals surface area contributed by atoms with Crippen molar-refractivity contribution >= 4 is 17.9 Å². The third-order valence-electron chi connectivity index (χ3n) is 4.26. The predicted molar refractivity (Wildman–Crippen MR) is 96.9 cm³/mol. The number of hydrogen-bond acceptors (Lipinski definition) is 3. The minimum absolute atomic E-state index is 0.0492. The highest BCUT2D eigenvalue weighted by molar-refractivity contribution is 7.98. The SMILES string of the molecule is O=C(NNSC1CCCCC1)c1cc(-c2ccccc2)ccc1F. The smallest absolute Gasteiger partial charge is 0.269 e. The van der Waals surface area contributed by atoms with Crippen molar-refractivity contribution in [2.45, 2.75) is 37.4 Å². The van der Waals surface area contributed by atoms with Crippen molar-refractivity contribution < 1.29 is 9.18 Å². The van der Waals surface area contributed by atoms with Crippen LogP contribution in [0.3, 0.4) is 0 Å². The molecule has 2 aromatic rings. The zero-order valence-corrected chi connectivity index (χ0v) is 14.2. The minimum Gasteiger partial charge on any atom is -0.277 e. The number of hydrazine groups is 1. The highest BCUT2D eigenvalue weighted by Gasteiger charge is 2.16. The summed E-state index contributed by atoms with van der Waals surface area (Å²) in [5.41, 5.74) is 4.43. The molecule has 0 unspecified atom stereocenters. The van der Waals surface area contributed by atoms with Gasteiger partial charge in [-0.05, 0) is 36.1 Å². The summed E-state index contributed by atoms with van der Waals surface area (Å²) < 4.78 is 14.0. The van der Waals surface area contributed by atoms with Gasteiger partial charge in [-0.3, -0.25) is 10.2 Å². The second-order valence-electron chi connectivity index (χ2n) is 5.99. The first-order valence-corrected chi connectivity index (χ1v) is 9.18. The molecule has 0 saturated heterocycles. The molecule has 0 heterocycles. The first-order chi connectivity index (χ1) is 11.7. The molecule has 126 valence electrons. The molecular weight excluding hydrogens is 323 g/mol. The molecule has 5 heteroatoms. The molecule has 24 heavy (non-hydrogen) atoms. The van der Waals surface area contributed by atoms with E-state index in [1.165, 1.54) is 37.3 Å². The van der Waals surface area contributed by atoms with Crippen molar-refractivity contribution in [3.8, 4) is 11.1 Å². The molecule has 0 atom stereocenters. The van der Waals surface area contributed by atoms with Crippen molar-refractivity contribution in [2.24, 2.45) is 0 Å². The Hall–Kier alpha value is -1.85. The number of carbonyl (C=O) groups excluding carboxylic acids is 1. The Morgan fingerprint density at radius 3 is 2.50 bits per heavy atom. The van der Waals surface area contributed by atoms with Gasteiger partial charge in [-0.25, -0.2) is 4.39 Å². The summed E-state index contributed by atoms with van der Waals surface area (Å²) in [6.07, 6.45) is 6.08. The van der Waals surface area contributed by atoms with Crippen LogP contribution >= 0.6 is 11.9 Å². The molecule has 0 aliphatic heterocycles. The lowest BCUT2D eigenvalue weighted by Crippen LogP contribution is -2.35. The maximum atomic E-state index is 14.0. The fourth-order valence-electron chi connectivity index (χ4n) is 2.92. The summed E-state index contributed by atoms with van der Waals surface area (Å²) in [7, 11) is 0. The van der Waals surface area contributed by atoms with E-state index in [-0.39, 0.29) is 5.56 Å². The summed E-state index contributed by atoms with van der Waals surface area (Å²) >= 11 is 1.52. The third kappa shape index (κ3) is 4.36. The van der Waals surface area contributed by atoms with Crippen LogP contribution in [-0.4, -0.2) is 11.2 Å². The van der Waals surface area contributed by atoms with Gasteiger partial charge in [-0.15, -0.1) is 0 Å². The van der Waals surface area contributed by atoms with Crippen LogP contribution in [0, 0.1) is 5.82 Å². The number of benzene rings is 2. The molecule has 0 radical (unpaired) electrons. The molecule has 3 rings (SSSR count). The third-order valence-corrected chi connectivity index (χ3v) is 5.29. The summed E-state index contributed by atoms with van der Waals surface area (Å²) in [4.78, 5) is 15.2. The number of carbonyl (C=O) groups is 1. The van der Waals surface area contributed by atoms with Gasteiger partial charge in [0.2, 0.25) is 0 Å². The van der Waals surface area contributed by atoms with E-state index in [1.807, 2.05) is 30.3 Å². The van der Waals surface area contributed by atoms with Crippen LogP contribution in [0.15, 0.2) is 48.5 Å². The number of halogens is 1. The Morgan fingerprint density at radius 1 is 1.00 bits per heavy atom. The lowest BCUT2D eigenvalue weighted by molar-refractivity contribution is 0.0943. The first kappa shape index (κ1) is 17.0. The highest BCUT2D eigenvalue weighted by atomic mass is 32.2. The average molecular weight is 344 g/mol. The normalized spacial score (nSPS) is 15.2. The number of nitrogens with one attached hydrogen (secondary N) is 2. The number of amides is 1. The Balaban J connectivity index is 1.63. The van der Waals surface area contributed by atoms with Crippen molar-refractivity contribution in [2.75, 3.05) is 0 Å². The lowest BCUT2D eigenvalue weighted by atomic mass is 10.0. The molecule has 2 N–H and O–H groups in total. The molecule has 2 aromatic carbocycles. The van der Waals surface area contributed by atoms with Gasteiger partial charge in [0.1, 0.15) is 5.82 Å². The summed E-state index contributed by atoms with van der Waals surface area (Å²) in [5.74, 6) is -0.967. The Bertz CT molecular complexity index is 687. The van der Waals surface area contributed by atoms with Gasteiger partial charge < -0.3 is 0 Å². The molecule has 0 bridgehead atoms. The molecular formula is C19H21FN2OS. The van der Waals surface area contributed by atoms with Gasteiger partial charge in [0, 0.05) is 5.25 Å². The van der Waals surface area contributed by atoms with E-state index >= 15 is 0 Å². The Labute approximate surface area is 146 Å². The monoisotopic (exact) mass is 344 g/mol. The average Bonchev–Trinajstić information content (AvgIpc) is 2.63. The van der Waals surface area contributed by atoms with Crippen molar-refractivity contribution in [3.63, 3.8) is 0 Å². The second-order valence-corrected chi connectivity index (χ2v) is 7.10. The maximum absolute atomic E-state index is 14.0. The van der Waals surface area contributed by atoms with Crippen LogP contribution < -0.4 is 10.3 Å². The Kier molecular flexibility index (Phi) is 5.88. The Morgan fingerprint density at radius 2 is 1.75 bits per heavy atom. The molecule has 0 aromatic heterocycles. The van der Waals surface area contributed by atoms with Crippen molar-refractivity contribution in [1.82, 2.24) is 10.3 Å². The van der Waals surface area contributed by atoms with Crippen LogP contribution in [0.1, 0.15) is 42.5 Å². The molecule has 1 amide bonds. The lowest BCUT2D eigenvalue weighted by Gasteiger charge is -2.21. The minimum atomic E-state index is -0.517. The van der Waals surface area contributed by atoms with Crippen LogP contribution in [0.5, 0.6) is 0 Å². The van der Waals surface area contributed by atoms with Gasteiger partial charge in [0.15, 0.2) is 0 Å². The molecule has 1 fully saturated rings. The fraction of sp³-hybridized carbons (Fsp3) is 0.316. The van der Waals surface area contributed by atoms with Crippen molar-refractivity contribution in [3.05, 3.63) is 59.9 Å². The van der Waals surface area contributed by atoms with E-state index in [1.54, 1.807) is 12.1 Å².